The van der Waals surface area contributed by atoms with Crippen LogP contribution >= 0.6 is 0 Å². The molecule has 35 heavy (non-hydrogen) atoms. The number of anilines is 1. The van der Waals surface area contributed by atoms with E-state index in [1.165, 1.54) is 12.8 Å². The summed E-state index contributed by atoms with van der Waals surface area (Å²) in [6, 6.07) is 9.37. The number of alkyl carbamates (subject to hydrolysis) is 1. The highest BCUT2D eigenvalue weighted by Gasteiger charge is 2.31. The number of carbonyl (C=O) groups is 2. The lowest BCUT2D eigenvalue weighted by Crippen LogP contribution is -2.33. The highest BCUT2D eigenvalue weighted by atomic mass is 16.6. The molecule has 0 bridgehead atoms. The Morgan fingerprint density at radius 2 is 2.00 bits per heavy atom. The van der Waals surface area contributed by atoms with Crippen LogP contribution in [0.25, 0.3) is 0 Å². The Labute approximate surface area is 205 Å². The minimum absolute atomic E-state index is 0.00954. The number of H-pyrrole nitrogens is 1. The van der Waals surface area contributed by atoms with Crippen LogP contribution < -0.4 is 15.4 Å². The van der Waals surface area contributed by atoms with Gasteiger partial charge in [0.15, 0.2) is 5.82 Å². The lowest BCUT2D eigenvalue weighted by Gasteiger charge is -2.15. The summed E-state index contributed by atoms with van der Waals surface area (Å²) in [5, 5.41) is 12.6. The lowest BCUT2D eigenvalue weighted by molar-refractivity contribution is -0.115. The molecule has 2 amide bonds. The first-order valence-electron chi connectivity index (χ1n) is 12.3. The third kappa shape index (κ3) is 7.69. The first-order valence-corrected chi connectivity index (χ1v) is 12.3. The highest BCUT2D eigenvalue weighted by Crippen LogP contribution is 2.30. The molecule has 0 saturated carbocycles. The van der Waals surface area contributed by atoms with Crippen molar-refractivity contribution in [1.29, 1.82) is 0 Å². The van der Waals surface area contributed by atoms with Crippen LogP contribution in [0.2, 0.25) is 0 Å². The second kappa shape index (κ2) is 12.0. The van der Waals surface area contributed by atoms with E-state index < -0.39 is 6.09 Å². The summed E-state index contributed by atoms with van der Waals surface area (Å²) in [5.41, 5.74) is 1.62. The number of hydrogen-bond acceptors (Lipinski definition) is 7. The van der Waals surface area contributed by atoms with Gasteiger partial charge >= 0.3 is 6.09 Å². The number of aromatic nitrogens is 2. The zero-order chi connectivity index (χ0) is 24.6. The largest absolute Gasteiger partial charge is 0.492 e. The summed E-state index contributed by atoms with van der Waals surface area (Å²) < 4.78 is 16.9. The fourth-order valence-electron chi connectivity index (χ4n) is 4.26. The minimum Gasteiger partial charge on any atom is -0.492 e. The predicted molar refractivity (Wildman–Crippen MR) is 130 cm³/mol. The van der Waals surface area contributed by atoms with Crippen molar-refractivity contribution in [2.45, 2.75) is 57.8 Å². The number of aromatic amines is 1. The molecule has 3 heterocycles. The minimum atomic E-state index is -0.450. The first kappa shape index (κ1) is 25.0. The first-order chi connectivity index (χ1) is 16.9. The summed E-state index contributed by atoms with van der Waals surface area (Å²) in [6.45, 7) is 8.00. The molecule has 4 rings (SSSR count). The fraction of sp³-hybridized carbons (Fsp3) is 0.560. The number of nitrogens with one attached hydrogen (secondary N) is 3. The van der Waals surface area contributed by atoms with Gasteiger partial charge in [-0.05, 0) is 57.5 Å². The number of amides is 2. The van der Waals surface area contributed by atoms with E-state index in [-0.39, 0.29) is 30.6 Å². The standard InChI is InChI=1S/C25H35N5O5/c1-17(2)26-25(32)35-20-14-22(34-16-20)21-15-23(29-28-21)27-24(31)13-18-5-7-19(8-6-18)33-12-11-30-9-3-4-10-30/h5-8,15,17,20,22H,3-4,9-14,16H2,1-2H3,(H,26,32)(H2,27,28,29,31)/t20-,22-/m0/s1. The van der Waals surface area contributed by atoms with Crippen LogP contribution in [-0.4, -0.2) is 72.1 Å². The van der Waals surface area contributed by atoms with Gasteiger partial charge in [-0.25, -0.2) is 4.79 Å². The van der Waals surface area contributed by atoms with E-state index in [9.17, 15) is 9.59 Å². The molecule has 2 atom stereocenters. The van der Waals surface area contributed by atoms with E-state index in [1.54, 1.807) is 6.07 Å². The quantitative estimate of drug-likeness (QED) is 0.473. The van der Waals surface area contributed by atoms with Crippen molar-refractivity contribution in [2.75, 3.05) is 38.2 Å². The molecule has 0 unspecified atom stereocenters. The van der Waals surface area contributed by atoms with Crippen LogP contribution in [0.1, 0.15) is 50.5 Å². The Hall–Kier alpha value is -3.11. The normalized spacial score (nSPS) is 20.2. The van der Waals surface area contributed by atoms with Gasteiger partial charge in [0.25, 0.3) is 0 Å². The van der Waals surface area contributed by atoms with Gasteiger partial charge in [0.1, 0.15) is 24.6 Å². The third-order valence-corrected chi connectivity index (χ3v) is 6.02. The molecule has 0 spiro atoms. The Morgan fingerprint density at radius 3 is 2.74 bits per heavy atom. The van der Waals surface area contributed by atoms with Crippen LogP contribution in [0.15, 0.2) is 30.3 Å². The average molecular weight is 486 g/mol. The molecule has 2 saturated heterocycles. The van der Waals surface area contributed by atoms with Gasteiger partial charge in [-0.3, -0.25) is 14.8 Å². The van der Waals surface area contributed by atoms with Gasteiger partial charge in [0, 0.05) is 25.1 Å². The second-order valence-electron chi connectivity index (χ2n) is 9.36. The molecule has 1 aromatic heterocycles. The molecular formula is C25H35N5O5. The molecule has 2 fully saturated rings. The van der Waals surface area contributed by atoms with Gasteiger partial charge in [-0.15, -0.1) is 0 Å². The Morgan fingerprint density at radius 1 is 1.23 bits per heavy atom. The number of nitrogens with zero attached hydrogens (tertiary/aromatic N) is 2. The number of carbonyl (C=O) groups excluding carboxylic acids is 2. The van der Waals surface area contributed by atoms with Gasteiger partial charge in [-0.1, -0.05) is 12.1 Å². The van der Waals surface area contributed by atoms with Crippen LogP contribution in [0.4, 0.5) is 10.6 Å². The molecule has 2 aliphatic heterocycles. The van der Waals surface area contributed by atoms with E-state index in [2.05, 4.69) is 25.7 Å². The molecule has 10 heteroatoms. The van der Waals surface area contributed by atoms with Gasteiger partial charge in [0.2, 0.25) is 5.91 Å². The number of ether oxygens (including phenoxy) is 3. The van der Waals surface area contributed by atoms with E-state index >= 15 is 0 Å². The second-order valence-corrected chi connectivity index (χ2v) is 9.36. The number of likely N-dealkylation sites (tertiary alicyclic amines) is 1. The SMILES string of the molecule is CC(C)NC(=O)O[C@@H]1CO[C@H](c2cc(NC(=O)Cc3ccc(OCCN4CCCC4)cc3)n[nH]2)C1. The Bertz CT molecular complexity index is 971. The smallest absolute Gasteiger partial charge is 0.407 e. The summed E-state index contributed by atoms with van der Waals surface area (Å²) in [6.07, 6.45) is 2.26. The van der Waals surface area contributed by atoms with Crippen LogP contribution in [0.5, 0.6) is 5.75 Å². The Balaban J connectivity index is 1.19. The van der Waals surface area contributed by atoms with Crippen molar-refractivity contribution in [1.82, 2.24) is 20.4 Å². The molecule has 0 aliphatic carbocycles. The zero-order valence-corrected chi connectivity index (χ0v) is 20.4. The fourth-order valence-corrected chi connectivity index (χ4v) is 4.26. The van der Waals surface area contributed by atoms with Crippen molar-refractivity contribution >= 4 is 17.8 Å². The molecule has 0 radical (unpaired) electrons. The maximum Gasteiger partial charge on any atom is 0.407 e. The maximum absolute atomic E-state index is 12.5. The number of rotatable bonds is 10. The predicted octanol–water partition coefficient (Wildman–Crippen LogP) is 3.03. The third-order valence-electron chi connectivity index (χ3n) is 6.02. The molecular weight excluding hydrogens is 450 g/mol. The van der Waals surface area contributed by atoms with Gasteiger partial charge < -0.3 is 24.8 Å². The molecule has 190 valence electrons. The lowest BCUT2D eigenvalue weighted by atomic mass is 10.1. The highest BCUT2D eigenvalue weighted by molar-refractivity contribution is 5.91. The van der Waals surface area contributed by atoms with E-state index in [1.807, 2.05) is 38.1 Å². The average Bonchev–Trinajstić information content (AvgIpc) is 3.57. The van der Waals surface area contributed by atoms with E-state index in [0.29, 0.717) is 25.5 Å². The topological polar surface area (TPSA) is 118 Å². The summed E-state index contributed by atoms with van der Waals surface area (Å²) >= 11 is 0. The molecule has 2 aliphatic rings. The molecule has 3 N–H and O–H groups in total. The van der Waals surface area contributed by atoms with Crippen molar-refractivity contribution in [3.63, 3.8) is 0 Å². The van der Waals surface area contributed by atoms with Crippen LogP contribution in [0.3, 0.4) is 0 Å². The molecule has 2 aromatic rings. The van der Waals surface area contributed by atoms with Crippen LogP contribution in [-0.2, 0) is 20.7 Å². The number of hydrogen-bond donors (Lipinski definition) is 3. The van der Waals surface area contributed by atoms with E-state index in [0.717, 1.165) is 36.6 Å². The van der Waals surface area contributed by atoms with Crippen molar-refractivity contribution in [3.8, 4) is 5.75 Å². The maximum atomic E-state index is 12.5. The summed E-state index contributed by atoms with van der Waals surface area (Å²) in [7, 11) is 0. The van der Waals surface area contributed by atoms with Gasteiger partial charge in [0.05, 0.1) is 18.7 Å². The monoisotopic (exact) mass is 485 g/mol. The van der Waals surface area contributed by atoms with Crippen molar-refractivity contribution in [3.05, 3.63) is 41.6 Å². The summed E-state index contributed by atoms with van der Waals surface area (Å²) in [5.74, 6) is 1.08. The number of benzene rings is 1. The zero-order valence-electron chi connectivity index (χ0n) is 20.4. The molecule has 1 aromatic carbocycles. The van der Waals surface area contributed by atoms with Crippen molar-refractivity contribution in [2.24, 2.45) is 0 Å². The summed E-state index contributed by atoms with van der Waals surface area (Å²) in [4.78, 5) is 26.7. The van der Waals surface area contributed by atoms with Gasteiger partial charge in [-0.2, -0.15) is 5.10 Å². The van der Waals surface area contributed by atoms with E-state index in [4.69, 9.17) is 14.2 Å². The molecule has 10 nitrogen and oxygen atoms in total. The van der Waals surface area contributed by atoms with Crippen LogP contribution in [0, 0.1) is 0 Å². The van der Waals surface area contributed by atoms with Crippen molar-refractivity contribution < 1.29 is 23.8 Å². The Kier molecular flexibility index (Phi) is 8.59.